The molecule has 1 aliphatic carbocycles. The van der Waals surface area contributed by atoms with Gasteiger partial charge in [0.2, 0.25) is 0 Å². The molecule has 0 N–H and O–H groups in total. The molecule has 59 heavy (non-hydrogen) atoms. The summed E-state index contributed by atoms with van der Waals surface area (Å²) in [6.07, 6.45) is 8.18. The number of hydrogen-bond acceptors (Lipinski definition) is 1. The SMILES string of the molecule is CCCCCCc1cccc(-n2c3ccccc3c3ccc4c(c32)C(CC)(CC)c2cc(-c3cc(-c5ccccc5)c5cc(-c6ccccc6)ccc5n3)[c-]cc2-4)c1.[Ir]. The molecular weight excluding hydrogens is 893 g/mol. The van der Waals surface area contributed by atoms with Crippen molar-refractivity contribution in [3.63, 3.8) is 0 Å². The van der Waals surface area contributed by atoms with Crippen LogP contribution in [0.1, 0.15) is 76.0 Å². The maximum Gasteiger partial charge on any atom is 0.0602 e. The van der Waals surface area contributed by atoms with E-state index in [-0.39, 0.29) is 25.5 Å². The summed E-state index contributed by atoms with van der Waals surface area (Å²) in [5, 5.41) is 3.79. The molecular formula is C56H49IrN2-. The van der Waals surface area contributed by atoms with Crippen molar-refractivity contribution in [3.05, 3.63) is 180 Å². The Balaban J connectivity index is 0.00000449. The molecule has 293 valence electrons. The number of benzene rings is 7. The van der Waals surface area contributed by atoms with Crippen LogP contribution in [0.15, 0.2) is 158 Å². The molecule has 0 unspecified atom stereocenters. The Labute approximate surface area is 362 Å². The summed E-state index contributed by atoms with van der Waals surface area (Å²) in [6, 6.07) is 62.0. The predicted octanol–water partition coefficient (Wildman–Crippen LogP) is 15.3. The van der Waals surface area contributed by atoms with E-state index in [0.717, 1.165) is 41.4 Å². The molecule has 10 rings (SSSR count). The first-order valence-corrected chi connectivity index (χ1v) is 21.4. The third kappa shape index (κ3) is 6.56. The van der Waals surface area contributed by atoms with E-state index < -0.39 is 0 Å². The minimum absolute atomic E-state index is 0. The first-order chi connectivity index (χ1) is 28.6. The summed E-state index contributed by atoms with van der Waals surface area (Å²) in [4.78, 5) is 5.38. The van der Waals surface area contributed by atoms with Gasteiger partial charge in [-0.05, 0) is 95.1 Å². The topological polar surface area (TPSA) is 17.8 Å². The van der Waals surface area contributed by atoms with E-state index in [4.69, 9.17) is 4.98 Å². The van der Waals surface area contributed by atoms with Gasteiger partial charge in [0.1, 0.15) is 0 Å². The number of pyridine rings is 1. The smallest absolute Gasteiger partial charge is 0.0602 e. The normalized spacial score (nSPS) is 12.8. The minimum Gasteiger partial charge on any atom is -0.309 e. The molecule has 2 heterocycles. The number of para-hydroxylation sites is 1. The van der Waals surface area contributed by atoms with Crippen LogP contribution in [-0.2, 0) is 31.9 Å². The van der Waals surface area contributed by atoms with Gasteiger partial charge in [-0.1, -0.05) is 166 Å². The third-order valence-electron chi connectivity index (χ3n) is 13.0. The zero-order valence-corrected chi connectivity index (χ0v) is 36.6. The average Bonchev–Trinajstić information content (AvgIpc) is 3.78. The van der Waals surface area contributed by atoms with E-state index >= 15 is 0 Å². The van der Waals surface area contributed by atoms with Gasteiger partial charge in [-0.15, -0.1) is 29.3 Å². The van der Waals surface area contributed by atoms with Crippen molar-refractivity contribution in [1.29, 1.82) is 0 Å². The fourth-order valence-electron chi connectivity index (χ4n) is 10.0. The quantitative estimate of drug-likeness (QED) is 0.0933. The Morgan fingerprint density at radius 3 is 2.12 bits per heavy atom. The summed E-state index contributed by atoms with van der Waals surface area (Å²) in [7, 11) is 0. The Morgan fingerprint density at radius 1 is 0.576 bits per heavy atom. The molecule has 0 aliphatic heterocycles. The number of aromatic nitrogens is 2. The molecule has 0 atom stereocenters. The fourth-order valence-corrected chi connectivity index (χ4v) is 10.0. The summed E-state index contributed by atoms with van der Waals surface area (Å²) >= 11 is 0. The van der Waals surface area contributed by atoms with Crippen LogP contribution in [0, 0.1) is 6.07 Å². The molecule has 1 radical (unpaired) electrons. The van der Waals surface area contributed by atoms with Crippen LogP contribution >= 0.6 is 0 Å². The molecule has 9 aromatic rings. The number of unbranched alkanes of at least 4 members (excludes halogenated alkanes) is 3. The van der Waals surface area contributed by atoms with Gasteiger partial charge in [0.15, 0.2) is 0 Å². The number of rotatable bonds is 11. The second-order valence-electron chi connectivity index (χ2n) is 16.2. The number of hydrogen-bond donors (Lipinski definition) is 0. The van der Waals surface area contributed by atoms with Crippen molar-refractivity contribution in [2.75, 3.05) is 0 Å². The van der Waals surface area contributed by atoms with E-state index in [9.17, 15) is 0 Å². The van der Waals surface area contributed by atoms with Crippen LogP contribution in [0.5, 0.6) is 0 Å². The predicted molar refractivity (Wildman–Crippen MR) is 246 cm³/mol. The van der Waals surface area contributed by atoms with Gasteiger partial charge in [0.05, 0.1) is 16.6 Å². The summed E-state index contributed by atoms with van der Waals surface area (Å²) in [5.74, 6) is 0. The molecule has 3 heteroatoms. The standard InChI is InChI=1S/C56H49N2.Ir/c1-4-7-8-11-19-38-20-18-25-43(34-38)58-53-27-17-16-26-45(53)47-32-31-46-44-30-28-42(36-50(44)56(5-2,6-3)54(46)55(47)58)52-37-48(40-23-14-10-15-24-40)49-35-41(29-33-51(49)57-52)39-21-12-9-13-22-39;/h9-10,12-18,20-27,29-37H,4-8,11,19H2,1-3H3;/q-1;. The molecule has 7 aromatic carbocycles. The Morgan fingerprint density at radius 2 is 1.34 bits per heavy atom. The summed E-state index contributed by atoms with van der Waals surface area (Å²) < 4.78 is 2.58. The summed E-state index contributed by atoms with van der Waals surface area (Å²) in [5.41, 5.74) is 18.3. The van der Waals surface area contributed by atoms with Crippen LogP contribution in [0.3, 0.4) is 0 Å². The van der Waals surface area contributed by atoms with Crippen molar-refractivity contribution in [1.82, 2.24) is 9.55 Å². The van der Waals surface area contributed by atoms with Crippen LogP contribution in [0.25, 0.3) is 83.0 Å². The molecule has 0 fully saturated rings. The van der Waals surface area contributed by atoms with E-state index in [2.05, 4.69) is 189 Å². The monoisotopic (exact) mass is 942 g/mol. The molecule has 1 aliphatic rings. The molecule has 2 aromatic heterocycles. The molecule has 0 bridgehead atoms. The molecule has 0 saturated carbocycles. The van der Waals surface area contributed by atoms with Crippen molar-refractivity contribution in [3.8, 4) is 50.3 Å². The maximum atomic E-state index is 5.38. The Bertz CT molecular complexity index is 2960. The van der Waals surface area contributed by atoms with Crippen molar-refractivity contribution in [2.24, 2.45) is 0 Å². The second-order valence-corrected chi connectivity index (χ2v) is 16.2. The van der Waals surface area contributed by atoms with Crippen LogP contribution < -0.4 is 0 Å². The van der Waals surface area contributed by atoms with Gasteiger partial charge < -0.3 is 4.57 Å². The summed E-state index contributed by atoms with van der Waals surface area (Å²) in [6.45, 7) is 7.05. The van der Waals surface area contributed by atoms with Crippen molar-refractivity contribution >= 4 is 32.7 Å². The maximum absolute atomic E-state index is 5.38. The molecule has 0 spiro atoms. The fraction of sp³-hybridized carbons (Fsp3) is 0.196. The van der Waals surface area contributed by atoms with Gasteiger partial charge >= 0.3 is 0 Å². The molecule has 0 saturated heterocycles. The van der Waals surface area contributed by atoms with E-state index in [1.807, 2.05) is 0 Å². The average molecular weight is 942 g/mol. The van der Waals surface area contributed by atoms with Gasteiger partial charge in [-0.25, -0.2) is 0 Å². The minimum atomic E-state index is -0.179. The van der Waals surface area contributed by atoms with Crippen LogP contribution in [-0.4, -0.2) is 9.55 Å². The zero-order valence-electron chi connectivity index (χ0n) is 34.2. The first kappa shape index (κ1) is 38.9. The number of nitrogens with zero attached hydrogens (tertiary/aromatic N) is 2. The van der Waals surface area contributed by atoms with Gasteiger partial charge in [0.25, 0.3) is 0 Å². The van der Waals surface area contributed by atoms with Gasteiger partial charge in [-0.3, -0.25) is 4.98 Å². The number of fused-ring (bicyclic) bond motifs is 8. The second kappa shape index (κ2) is 16.2. The third-order valence-corrected chi connectivity index (χ3v) is 13.0. The van der Waals surface area contributed by atoms with Gasteiger partial charge in [0, 0.05) is 47.4 Å². The van der Waals surface area contributed by atoms with E-state index in [1.54, 1.807) is 0 Å². The van der Waals surface area contributed by atoms with E-state index in [1.165, 1.54) is 103 Å². The molecule has 2 nitrogen and oxygen atoms in total. The Kier molecular flexibility index (Phi) is 10.7. The van der Waals surface area contributed by atoms with Crippen molar-refractivity contribution in [2.45, 2.75) is 71.1 Å². The molecule has 0 amide bonds. The van der Waals surface area contributed by atoms with Crippen LogP contribution in [0.2, 0.25) is 0 Å². The number of aryl methyl sites for hydroxylation is 1. The van der Waals surface area contributed by atoms with Crippen LogP contribution in [0.4, 0.5) is 0 Å². The first-order valence-electron chi connectivity index (χ1n) is 21.4. The van der Waals surface area contributed by atoms with Crippen molar-refractivity contribution < 1.29 is 20.1 Å². The van der Waals surface area contributed by atoms with E-state index in [0.29, 0.717) is 0 Å². The largest absolute Gasteiger partial charge is 0.309 e. The Hall–Kier alpha value is -5.60. The zero-order chi connectivity index (χ0) is 39.2. The van der Waals surface area contributed by atoms with Gasteiger partial charge in [-0.2, -0.15) is 0 Å².